The number of carbonyl (C=O) groups is 3. The third-order valence-electron chi connectivity index (χ3n) is 2.56. The van der Waals surface area contributed by atoms with Gasteiger partial charge in [0, 0.05) is 10.6 Å². The Balaban J connectivity index is 2.24. The molecule has 0 spiro atoms. The number of thiophene rings is 1. The Kier molecular flexibility index (Phi) is 4.64. The molecule has 0 bridgehead atoms. The Morgan fingerprint density at radius 1 is 1.09 bits per heavy atom. The Labute approximate surface area is 134 Å². The number of nitrogens with one attached hydrogen (secondary N) is 2. The first-order valence-electron chi connectivity index (χ1n) is 5.94. The van der Waals surface area contributed by atoms with Crippen molar-refractivity contribution in [1.29, 1.82) is 0 Å². The van der Waals surface area contributed by atoms with E-state index in [9.17, 15) is 14.4 Å². The summed E-state index contributed by atoms with van der Waals surface area (Å²) < 4.78 is 0. The van der Waals surface area contributed by atoms with Crippen molar-refractivity contribution in [3.8, 4) is 0 Å². The summed E-state index contributed by atoms with van der Waals surface area (Å²) in [6, 6.07) is 6.90. The van der Waals surface area contributed by atoms with Gasteiger partial charge in [0.1, 0.15) is 5.00 Å². The van der Waals surface area contributed by atoms with Crippen LogP contribution in [0.2, 0.25) is 5.02 Å². The number of hydrogen-bond acceptors (Lipinski definition) is 4. The second-order valence-electron chi connectivity index (χ2n) is 4.17. The maximum atomic E-state index is 12.1. The summed E-state index contributed by atoms with van der Waals surface area (Å²) in [5.74, 6) is -1.16. The molecule has 1 heterocycles. The normalized spacial score (nSPS) is 10.0. The van der Waals surface area contributed by atoms with Crippen LogP contribution in [-0.4, -0.2) is 17.8 Å². The van der Waals surface area contributed by atoms with Crippen molar-refractivity contribution in [2.75, 3.05) is 10.6 Å². The van der Waals surface area contributed by atoms with Crippen LogP contribution in [-0.2, 0) is 0 Å². The van der Waals surface area contributed by atoms with Crippen LogP contribution in [0.3, 0.4) is 0 Å². The quantitative estimate of drug-likeness (QED) is 0.682. The molecule has 4 amide bonds. The SMILES string of the molecule is NC(=O)Nc1sc(NC(=O)c2cccc(Cl)c2)cc1C(N)=O. The van der Waals surface area contributed by atoms with Crippen molar-refractivity contribution in [2.45, 2.75) is 0 Å². The summed E-state index contributed by atoms with van der Waals surface area (Å²) in [5.41, 5.74) is 10.6. The van der Waals surface area contributed by atoms with Gasteiger partial charge in [-0.3, -0.25) is 14.9 Å². The molecular formula is C13H11ClN4O3S. The molecule has 0 atom stereocenters. The predicted octanol–water partition coefficient (Wildman–Crippen LogP) is 2.24. The van der Waals surface area contributed by atoms with E-state index in [1.165, 1.54) is 12.1 Å². The molecule has 1 aromatic carbocycles. The van der Waals surface area contributed by atoms with Gasteiger partial charge in [-0.1, -0.05) is 29.0 Å². The Bertz CT molecular complexity index is 759. The molecule has 0 aliphatic heterocycles. The summed E-state index contributed by atoms with van der Waals surface area (Å²) >= 11 is 6.79. The first kappa shape index (κ1) is 15.8. The highest BCUT2D eigenvalue weighted by molar-refractivity contribution is 7.20. The van der Waals surface area contributed by atoms with Gasteiger partial charge in [-0.05, 0) is 24.3 Å². The zero-order valence-electron chi connectivity index (χ0n) is 11.1. The van der Waals surface area contributed by atoms with Gasteiger partial charge in [0.25, 0.3) is 11.8 Å². The second-order valence-corrected chi connectivity index (χ2v) is 5.66. The van der Waals surface area contributed by atoms with Crippen LogP contribution in [0.5, 0.6) is 0 Å². The Morgan fingerprint density at radius 3 is 2.41 bits per heavy atom. The van der Waals surface area contributed by atoms with E-state index in [1.807, 2.05) is 0 Å². The van der Waals surface area contributed by atoms with E-state index in [4.69, 9.17) is 23.1 Å². The molecule has 0 saturated heterocycles. The average molecular weight is 339 g/mol. The highest BCUT2D eigenvalue weighted by Crippen LogP contribution is 2.32. The minimum atomic E-state index is -0.836. The van der Waals surface area contributed by atoms with E-state index in [0.717, 1.165) is 11.3 Å². The summed E-state index contributed by atoms with van der Waals surface area (Å²) in [4.78, 5) is 34.3. The number of rotatable bonds is 4. The molecule has 2 aromatic rings. The van der Waals surface area contributed by atoms with E-state index in [-0.39, 0.29) is 10.6 Å². The minimum Gasteiger partial charge on any atom is -0.366 e. The molecule has 0 aliphatic rings. The summed E-state index contributed by atoms with van der Waals surface area (Å²) in [6.45, 7) is 0. The Hall–Kier alpha value is -2.58. The molecule has 0 saturated carbocycles. The van der Waals surface area contributed by atoms with Gasteiger partial charge < -0.3 is 16.8 Å². The number of hydrogen-bond donors (Lipinski definition) is 4. The van der Waals surface area contributed by atoms with Crippen molar-refractivity contribution in [1.82, 2.24) is 0 Å². The second kappa shape index (κ2) is 6.46. The maximum absolute atomic E-state index is 12.1. The van der Waals surface area contributed by atoms with E-state index < -0.39 is 17.8 Å². The van der Waals surface area contributed by atoms with Crippen LogP contribution in [0.1, 0.15) is 20.7 Å². The number of halogens is 1. The minimum absolute atomic E-state index is 0.0604. The van der Waals surface area contributed by atoms with E-state index in [2.05, 4.69) is 10.6 Å². The lowest BCUT2D eigenvalue weighted by atomic mass is 10.2. The van der Waals surface area contributed by atoms with Crippen molar-refractivity contribution >= 4 is 50.8 Å². The summed E-state index contributed by atoms with van der Waals surface area (Å²) in [6.07, 6.45) is 0. The lowest BCUT2D eigenvalue weighted by Crippen LogP contribution is -2.21. The molecule has 1 aromatic heterocycles. The highest BCUT2D eigenvalue weighted by Gasteiger charge is 2.17. The average Bonchev–Trinajstić information content (AvgIpc) is 2.80. The molecule has 114 valence electrons. The number of carbonyl (C=O) groups excluding carboxylic acids is 3. The van der Waals surface area contributed by atoms with Crippen LogP contribution < -0.4 is 22.1 Å². The van der Waals surface area contributed by atoms with Crippen LogP contribution in [0.25, 0.3) is 0 Å². The van der Waals surface area contributed by atoms with Crippen molar-refractivity contribution in [2.24, 2.45) is 11.5 Å². The van der Waals surface area contributed by atoms with Gasteiger partial charge in [-0.25, -0.2) is 4.79 Å². The van der Waals surface area contributed by atoms with Crippen molar-refractivity contribution < 1.29 is 14.4 Å². The number of primary amides is 2. The summed E-state index contributed by atoms with van der Waals surface area (Å²) in [7, 11) is 0. The smallest absolute Gasteiger partial charge is 0.317 e. The van der Waals surface area contributed by atoms with Gasteiger partial charge in [0.05, 0.1) is 10.6 Å². The van der Waals surface area contributed by atoms with Crippen LogP contribution in [0, 0.1) is 0 Å². The third kappa shape index (κ3) is 3.74. The molecule has 0 radical (unpaired) electrons. The number of amides is 4. The topological polar surface area (TPSA) is 127 Å². The van der Waals surface area contributed by atoms with E-state index in [1.54, 1.807) is 18.2 Å². The summed E-state index contributed by atoms with van der Waals surface area (Å²) in [5, 5.41) is 5.80. The molecule has 0 fully saturated rings. The molecule has 22 heavy (non-hydrogen) atoms. The molecular weight excluding hydrogens is 328 g/mol. The van der Waals surface area contributed by atoms with Gasteiger partial charge in [0.2, 0.25) is 0 Å². The van der Waals surface area contributed by atoms with Gasteiger partial charge in [0.15, 0.2) is 0 Å². The number of urea groups is 1. The molecule has 0 unspecified atom stereocenters. The highest BCUT2D eigenvalue weighted by atomic mass is 35.5. The fourth-order valence-corrected chi connectivity index (χ4v) is 2.81. The standard InChI is InChI=1S/C13H11ClN4O3S/c14-7-3-1-2-6(4-7)11(20)17-9-5-8(10(15)19)12(22-9)18-13(16)21/h1-5H,(H2,15,19)(H,17,20)(H3,16,18,21). The van der Waals surface area contributed by atoms with Gasteiger partial charge in [-0.15, -0.1) is 0 Å². The lowest BCUT2D eigenvalue weighted by Gasteiger charge is -2.02. The maximum Gasteiger partial charge on any atom is 0.317 e. The first-order chi connectivity index (χ1) is 10.4. The largest absolute Gasteiger partial charge is 0.366 e. The molecule has 9 heteroatoms. The fraction of sp³-hybridized carbons (Fsp3) is 0. The predicted molar refractivity (Wildman–Crippen MR) is 85.4 cm³/mol. The fourth-order valence-electron chi connectivity index (χ4n) is 1.65. The zero-order chi connectivity index (χ0) is 16.3. The molecule has 2 rings (SSSR count). The molecule has 0 aliphatic carbocycles. The molecule has 6 N–H and O–H groups in total. The van der Waals surface area contributed by atoms with E-state index in [0.29, 0.717) is 15.6 Å². The first-order valence-corrected chi connectivity index (χ1v) is 7.13. The van der Waals surface area contributed by atoms with Crippen LogP contribution in [0.4, 0.5) is 14.8 Å². The van der Waals surface area contributed by atoms with Crippen LogP contribution >= 0.6 is 22.9 Å². The van der Waals surface area contributed by atoms with Gasteiger partial charge in [-0.2, -0.15) is 0 Å². The number of anilines is 2. The number of nitrogens with two attached hydrogens (primary N) is 2. The monoisotopic (exact) mass is 338 g/mol. The van der Waals surface area contributed by atoms with Crippen molar-refractivity contribution in [3.63, 3.8) is 0 Å². The Morgan fingerprint density at radius 2 is 1.82 bits per heavy atom. The van der Waals surface area contributed by atoms with Gasteiger partial charge >= 0.3 is 6.03 Å². The lowest BCUT2D eigenvalue weighted by molar-refractivity contribution is 0.0997. The van der Waals surface area contributed by atoms with E-state index >= 15 is 0 Å². The zero-order valence-corrected chi connectivity index (χ0v) is 12.6. The number of benzene rings is 1. The van der Waals surface area contributed by atoms with Crippen LogP contribution in [0.15, 0.2) is 30.3 Å². The molecule has 7 nitrogen and oxygen atoms in total. The third-order valence-corrected chi connectivity index (χ3v) is 3.76. The van der Waals surface area contributed by atoms with Crippen molar-refractivity contribution in [3.05, 3.63) is 46.5 Å².